The number of amides is 1. The number of imidazole rings is 1. The van der Waals surface area contributed by atoms with E-state index in [4.69, 9.17) is 37.7 Å². The topological polar surface area (TPSA) is 126 Å². The van der Waals surface area contributed by atoms with E-state index in [1.807, 2.05) is 28.7 Å². The molecule has 1 amide bonds. The molecule has 3 aromatic heterocycles. The average molecular weight is 635 g/mol. The summed E-state index contributed by atoms with van der Waals surface area (Å²) in [5.41, 5.74) is 4.29. The highest BCUT2D eigenvalue weighted by molar-refractivity contribution is 6.41. The van der Waals surface area contributed by atoms with Crippen LogP contribution in [0.25, 0.3) is 27.8 Å². The van der Waals surface area contributed by atoms with Gasteiger partial charge in [-0.25, -0.2) is 9.97 Å². The van der Waals surface area contributed by atoms with E-state index in [9.17, 15) is 9.90 Å². The number of β-amino-alcohol motifs (C(OH)–C–C–N with tert-alkyl or cyclic N) is 1. The minimum Gasteiger partial charge on any atom is -0.495 e. The maximum absolute atomic E-state index is 12.3. The Hall–Kier alpha value is -4.58. The van der Waals surface area contributed by atoms with Gasteiger partial charge in [-0.2, -0.15) is 4.98 Å². The van der Waals surface area contributed by atoms with Crippen molar-refractivity contribution in [2.45, 2.75) is 18.9 Å². The van der Waals surface area contributed by atoms with Gasteiger partial charge < -0.3 is 30.1 Å². The number of piperidine rings is 1. The highest BCUT2D eigenvalue weighted by atomic mass is 35.5. The molecular weight excluding hydrogens is 605 g/mol. The van der Waals surface area contributed by atoms with Gasteiger partial charge in [0.2, 0.25) is 11.9 Å². The van der Waals surface area contributed by atoms with Crippen molar-refractivity contribution >= 4 is 68.8 Å². The van der Waals surface area contributed by atoms with Crippen LogP contribution in [0.15, 0.2) is 61.6 Å². The van der Waals surface area contributed by atoms with Gasteiger partial charge >= 0.3 is 0 Å². The second-order valence-electron chi connectivity index (χ2n) is 10.2. The molecule has 2 aromatic carbocycles. The molecule has 0 saturated carbocycles. The van der Waals surface area contributed by atoms with Crippen LogP contribution in [0.1, 0.15) is 12.8 Å². The van der Waals surface area contributed by atoms with Gasteiger partial charge in [-0.3, -0.25) is 9.20 Å². The van der Waals surface area contributed by atoms with Crippen molar-refractivity contribution in [3.8, 4) is 22.6 Å². The summed E-state index contributed by atoms with van der Waals surface area (Å²) >= 11 is 13.5. The van der Waals surface area contributed by atoms with Gasteiger partial charge in [0.05, 0.1) is 41.7 Å². The second-order valence-corrected chi connectivity index (χ2v) is 11.0. The van der Waals surface area contributed by atoms with E-state index < -0.39 is 6.10 Å². The largest absolute Gasteiger partial charge is 0.495 e. The second kappa shape index (κ2) is 12.2. The molecule has 226 valence electrons. The first kappa shape index (κ1) is 29.5. The van der Waals surface area contributed by atoms with E-state index in [0.717, 1.165) is 25.1 Å². The average Bonchev–Trinajstić information content (AvgIpc) is 3.53. The lowest BCUT2D eigenvalue weighted by Crippen LogP contribution is -2.38. The molecule has 1 fully saturated rings. The molecule has 1 atom stereocenters. The molecule has 3 N–H and O–H groups in total. The van der Waals surface area contributed by atoms with Crippen LogP contribution in [0, 0.1) is 0 Å². The summed E-state index contributed by atoms with van der Waals surface area (Å²) in [6, 6.07) is 9.14. The fourth-order valence-electron chi connectivity index (χ4n) is 5.37. The summed E-state index contributed by atoms with van der Waals surface area (Å²) in [5, 5.41) is 17.6. The Morgan fingerprint density at radius 3 is 2.57 bits per heavy atom. The summed E-state index contributed by atoms with van der Waals surface area (Å²) in [6.07, 6.45) is 7.59. The number of anilines is 4. The Kier molecular flexibility index (Phi) is 8.17. The number of aromatic nitrogens is 4. The molecule has 6 rings (SSSR count). The Bertz CT molecular complexity index is 1880. The van der Waals surface area contributed by atoms with Crippen molar-refractivity contribution in [2.75, 3.05) is 42.8 Å². The van der Waals surface area contributed by atoms with Crippen molar-refractivity contribution in [2.24, 2.45) is 0 Å². The fraction of sp³-hybridized carbons (Fsp3) is 0.226. The smallest absolute Gasteiger partial charge is 0.247 e. The number of aliphatic hydroxyl groups is 1. The first-order chi connectivity index (χ1) is 21.3. The van der Waals surface area contributed by atoms with Gasteiger partial charge in [0, 0.05) is 59.9 Å². The highest BCUT2D eigenvalue weighted by Gasteiger charge is 2.23. The minimum atomic E-state index is -0.391. The van der Waals surface area contributed by atoms with E-state index in [1.54, 1.807) is 24.7 Å². The van der Waals surface area contributed by atoms with Crippen molar-refractivity contribution in [3.05, 3.63) is 71.6 Å². The van der Waals surface area contributed by atoms with Crippen LogP contribution in [0.2, 0.25) is 10.0 Å². The van der Waals surface area contributed by atoms with E-state index in [2.05, 4.69) is 32.1 Å². The maximum atomic E-state index is 12.3. The monoisotopic (exact) mass is 633 g/mol. The number of hydrogen-bond donors (Lipinski definition) is 3. The predicted molar refractivity (Wildman–Crippen MR) is 173 cm³/mol. The highest BCUT2D eigenvalue weighted by Crippen LogP contribution is 2.47. The molecule has 1 aliphatic heterocycles. The van der Waals surface area contributed by atoms with Crippen LogP contribution < -0.4 is 25.0 Å². The van der Waals surface area contributed by atoms with Gasteiger partial charge in [0.15, 0.2) is 5.65 Å². The van der Waals surface area contributed by atoms with E-state index in [-0.39, 0.29) is 5.91 Å². The third kappa shape index (κ3) is 5.45. The number of methoxy groups -OCH3 is 2. The number of hydrogen-bond acceptors (Lipinski definition) is 9. The van der Waals surface area contributed by atoms with Crippen LogP contribution in [0.3, 0.4) is 0 Å². The molecule has 0 aliphatic carbocycles. The lowest BCUT2D eigenvalue weighted by Gasteiger charge is -2.32. The Morgan fingerprint density at radius 1 is 1.09 bits per heavy atom. The van der Waals surface area contributed by atoms with Gasteiger partial charge in [0.25, 0.3) is 0 Å². The predicted octanol–water partition coefficient (Wildman–Crippen LogP) is 6.10. The molecule has 13 heteroatoms. The summed E-state index contributed by atoms with van der Waals surface area (Å²) in [5.74, 6) is 0.757. The SMILES string of the molecule is C=CC(=O)Nc1cc(N2CCCC(O)C2)ccc1Nc1ncc2cc(-c3c(Cl)c(OC)cc(OC)c3Cl)c3nccn3c2n1. The molecular formula is C31H29Cl2N7O4. The number of ether oxygens (including phenoxy) is 2. The number of rotatable bonds is 8. The first-order valence-electron chi connectivity index (χ1n) is 13.8. The van der Waals surface area contributed by atoms with Gasteiger partial charge in [0.1, 0.15) is 17.1 Å². The molecule has 0 radical (unpaired) electrons. The fourth-order valence-corrected chi connectivity index (χ4v) is 6.08. The summed E-state index contributed by atoms with van der Waals surface area (Å²) in [6.45, 7) is 4.91. The Labute approximate surface area is 263 Å². The Balaban J connectivity index is 1.41. The van der Waals surface area contributed by atoms with Crippen LogP contribution in [-0.4, -0.2) is 63.8 Å². The normalized spacial score (nSPS) is 14.9. The van der Waals surface area contributed by atoms with E-state index in [1.165, 1.54) is 20.3 Å². The number of pyridine rings is 1. The number of halogens is 2. The molecule has 1 unspecified atom stereocenters. The number of nitrogens with zero attached hydrogens (tertiary/aromatic N) is 5. The van der Waals surface area contributed by atoms with Crippen molar-refractivity contribution in [1.82, 2.24) is 19.4 Å². The number of aliphatic hydroxyl groups excluding tert-OH is 1. The summed E-state index contributed by atoms with van der Waals surface area (Å²) in [7, 11) is 3.04. The van der Waals surface area contributed by atoms with E-state index >= 15 is 0 Å². The molecule has 4 heterocycles. The third-order valence-electron chi connectivity index (χ3n) is 7.50. The first-order valence-corrected chi connectivity index (χ1v) is 14.6. The molecule has 1 saturated heterocycles. The van der Waals surface area contributed by atoms with E-state index in [0.29, 0.717) is 73.2 Å². The Morgan fingerprint density at radius 2 is 1.86 bits per heavy atom. The molecule has 0 bridgehead atoms. The van der Waals surface area contributed by atoms with Gasteiger partial charge in [-0.15, -0.1) is 0 Å². The summed E-state index contributed by atoms with van der Waals surface area (Å²) in [4.78, 5) is 28.3. The number of fused-ring (bicyclic) bond motifs is 3. The quantitative estimate of drug-likeness (QED) is 0.174. The lowest BCUT2D eigenvalue weighted by molar-refractivity contribution is -0.111. The zero-order valence-electron chi connectivity index (χ0n) is 24.0. The third-order valence-corrected chi connectivity index (χ3v) is 8.25. The van der Waals surface area contributed by atoms with Gasteiger partial charge in [-0.1, -0.05) is 29.8 Å². The minimum absolute atomic E-state index is 0.301. The standard InChI is InChI=1S/C31H29Cl2N7O4/c1-4-25(42)36-22-13-18(39-10-5-6-19(41)16-39)7-8-21(22)37-31-35-15-17-12-20(30-34-9-11-40(30)29(17)38-31)26-27(32)23(43-2)14-24(44-3)28(26)33/h4,7-9,11-15,19,41H,1,5-6,10,16H2,2-3H3,(H,36,42)(H,35,37,38). The molecule has 1 aliphatic rings. The van der Waals surface area contributed by atoms with Crippen molar-refractivity contribution in [1.29, 1.82) is 0 Å². The number of benzene rings is 2. The number of carbonyl (C=O) groups is 1. The number of carbonyl (C=O) groups excluding carboxylic acids is 1. The molecule has 44 heavy (non-hydrogen) atoms. The molecule has 0 spiro atoms. The van der Waals surface area contributed by atoms with Crippen molar-refractivity contribution < 1.29 is 19.4 Å². The molecule has 11 nitrogen and oxygen atoms in total. The lowest BCUT2D eigenvalue weighted by atomic mass is 10.0. The zero-order valence-corrected chi connectivity index (χ0v) is 25.5. The summed E-state index contributed by atoms with van der Waals surface area (Å²) < 4.78 is 12.8. The number of nitrogens with one attached hydrogen (secondary N) is 2. The zero-order chi connectivity index (χ0) is 31.0. The molecule has 5 aromatic rings. The van der Waals surface area contributed by atoms with Crippen LogP contribution in [0.4, 0.5) is 23.0 Å². The van der Waals surface area contributed by atoms with Crippen molar-refractivity contribution in [3.63, 3.8) is 0 Å². The van der Waals surface area contributed by atoms with Gasteiger partial charge in [-0.05, 0) is 43.2 Å². The van der Waals surface area contributed by atoms with Crippen LogP contribution >= 0.6 is 23.2 Å². The van der Waals surface area contributed by atoms with Crippen LogP contribution in [0.5, 0.6) is 11.5 Å². The van der Waals surface area contributed by atoms with Crippen LogP contribution in [-0.2, 0) is 4.79 Å². The maximum Gasteiger partial charge on any atom is 0.247 e.